The van der Waals surface area contributed by atoms with Crippen LogP contribution in [0.15, 0.2) is 54.6 Å². The molecule has 0 bridgehead atoms. The molecule has 0 saturated heterocycles. The van der Waals surface area contributed by atoms with Gasteiger partial charge in [0.05, 0.1) is 0 Å². The molecule has 2 amide bonds. The van der Waals surface area contributed by atoms with Crippen molar-refractivity contribution >= 4 is 17.5 Å². The van der Waals surface area contributed by atoms with Gasteiger partial charge in [-0.2, -0.15) is 0 Å². The van der Waals surface area contributed by atoms with Crippen molar-refractivity contribution < 1.29 is 14.0 Å². The predicted octanol–water partition coefficient (Wildman–Crippen LogP) is 2.97. The minimum absolute atomic E-state index is 0.153. The smallest absolute Gasteiger partial charge is 0.251 e. The van der Waals surface area contributed by atoms with E-state index in [4.69, 9.17) is 0 Å². The molecule has 5 heteroatoms. The molecule has 0 spiro atoms. The van der Waals surface area contributed by atoms with Gasteiger partial charge < -0.3 is 10.6 Å². The average Bonchev–Trinajstić information content (AvgIpc) is 2.54. The molecule has 0 radical (unpaired) electrons. The second-order valence-corrected chi connectivity index (χ2v) is 4.78. The van der Waals surface area contributed by atoms with Crippen molar-refractivity contribution in [1.29, 1.82) is 0 Å². The number of benzene rings is 2. The molecule has 0 saturated carbocycles. The number of hydrogen-bond acceptors (Lipinski definition) is 2. The lowest BCUT2D eigenvalue weighted by Gasteiger charge is -2.06. The van der Waals surface area contributed by atoms with Crippen LogP contribution in [0.5, 0.6) is 0 Å². The van der Waals surface area contributed by atoms with Crippen LogP contribution in [0.3, 0.4) is 0 Å². The Hall–Kier alpha value is -2.69. The highest BCUT2D eigenvalue weighted by molar-refractivity contribution is 5.94. The normalized spacial score (nSPS) is 10.0. The second kappa shape index (κ2) is 7.93. The molecule has 0 unspecified atom stereocenters. The summed E-state index contributed by atoms with van der Waals surface area (Å²) in [4.78, 5) is 23.5. The first-order valence-electron chi connectivity index (χ1n) is 7.04. The molecule has 2 aromatic rings. The standard InChI is InChI=1S/C17H17FN2O2/c18-14-8-10-15(11-9-14)20-16(21)7-4-12-19-17(22)13-5-2-1-3-6-13/h1-3,5-6,8-11H,4,7,12H2,(H,19,22)(H,20,21). The number of amides is 2. The van der Waals surface area contributed by atoms with Crippen LogP contribution in [0.25, 0.3) is 0 Å². The fourth-order valence-corrected chi connectivity index (χ4v) is 1.90. The maximum absolute atomic E-state index is 12.7. The van der Waals surface area contributed by atoms with E-state index in [0.29, 0.717) is 24.2 Å². The molecule has 0 fully saturated rings. The van der Waals surface area contributed by atoms with Gasteiger partial charge in [-0.15, -0.1) is 0 Å². The molecule has 2 N–H and O–H groups in total. The van der Waals surface area contributed by atoms with Crippen LogP contribution in [0.4, 0.5) is 10.1 Å². The molecule has 0 atom stereocenters. The molecule has 114 valence electrons. The van der Waals surface area contributed by atoms with Crippen LogP contribution < -0.4 is 10.6 Å². The molecule has 0 aliphatic rings. The van der Waals surface area contributed by atoms with E-state index >= 15 is 0 Å². The Morgan fingerprint density at radius 1 is 0.955 bits per heavy atom. The lowest BCUT2D eigenvalue weighted by atomic mass is 10.2. The molecule has 4 nitrogen and oxygen atoms in total. The van der Waals surface area contributed by atoms with Crippen LogP contribution >= 0.6 is 0 Å². The van der Waals surface area contributed by atoms with Crippen LogP contribution in [0.2, 0.25) is 0 Å². The van der Waals surface area contributed by atoms with E-state index < -0.39 is 0 Å². The first kappa shape index (κ1) is 15.7. The van der Waals surface area contributed by atoms with Gasteiger partial charge >= 0.3 is 0 Å². The van der Waals surface area contributed by atoms with Crippen LogP contribution in [0, 0.1) is 5.82 Å². The molecule has 0 heterocycles. The van der Waals surface area contributed by atoms with E-state index in [2.05, 4.69) is 10.6 Å². The van der Waals surface area contributed by atoms with E-state index in [1.165, 1.54) is 24.3 Å². The van der Waals surface area contributed by atoms with E-state index in [1.807, 2.05) is 6.07 Å². The van der Waals surface area contributed by atoms with Crippen molar-refractivity contribution in [3.05, 3.63) is 66.0 Å². The third-order valence-corrected chi connectivity index (χ3v) is 3.03. The summed E-state index contributed by atoms with van der Waals surface area (Å²) in [5, 5.41) is 5.43. The summed E-state index contributed by atoms with van der Waals surface area (Å²) in [5.41, 5.74) is 1.15. The zero-order valence-electron chi connectivity index (χ0n) is 12.0. The van der Waals surface area contributed by atoms with Gasteiger partial charge in [0.2, 0.25) is 5.91 Å². The number of carbonyl (C=O) groups is 2. The zero-order valence-corrected chi connectivity index (χ0v) is 12.0. The SMILES string of the molecule is O=C(CCCNC(=O)c1ccccc1)Nc1ccc(F)cc1. The molecule has 0 aliphatic heterocycles. The molecule has 0 aliphatic carbocycles. The summed E-state index contributed by atoms with van der Waals surface area (Å²) in [6.45, 7) is 0.421. The topological polar surface area (TPSA) is 58.2 Å². The lowest BCUT2D eigenvalue weighted by molar-refractivity contribution is -0.116. The first-order chi connectivity index (χ1) is 10.6. The fraction of sp³-hybridized carbons (Fsp3) is 0.176. The number of hydrogen-bond donors (Lipinski definition) is 2. The van der Waals surface area contributed by atoms with E-state index in [9.17, 15) is 14.0 Å². The van der Waals surface area contributed by atoms with E-state index in [1.54, 1.807) is 24.3 Å². The summed E-state index contributed by atoms with van der Waals surface area (Å²) in [6.07, 6.45) is 0.818. The Labute approximate surface area is 128 Å². The average molecular weight is 300 g/mol. The highest BCUT2D eigenvalue weighted by Crippen LogP contribution is 2.08. The second-order valence-electron chi connectivity index (χ2n) is 4.78. The summed E-state index contributed by atoms with van der Waals surface area (Å²) in [6, 6.07) is 14.5. The highest BCUT2D eigenvalue weighted by Gasteiger charge is 2.05. The Kier molecular flexibility index (Phi) is 5.65. The van der Waals surface area contributed by atoms with Crippen molar-refractivity contribution in [2.45, 2.75) is 12.8 Å². The van der Waals surface area contributed by atoms with Gasteiger partial charge in [-0.25, -0.2) is 4.39 Å². The van der Waals surface area contributed by atoms with Gasteiger partial charge in [-0.3, -0.25) is 9.59 Å². The molecule has 2 rings (SSSR count). The van der Waals surface area contributed by atoms with Crippen LogP contribution in [-0.2, 0) is 4.79 Å². The summed E-state index contributed by atoms with van der Waals surface area (Å²) < 4.78 is 12.7. The van der Waals surface area contributed by atoms with Gasteiger partial charge in [0.15, 0.2) is 0 Å². The Bertz CT molecular complexity index is 627. The van der Waals surface area contributed by atoms with Crippen molar-refractivity contribution in [1.82, 2.24) is 5.32 Å². The Morgan fingerprint density at radius 3 is 2.32 bits per heavy atom. The van der Waals surface area contributed by atoms with Crippen LogP contribution in [-0.4, -0.2) is 18.4 Å². The van der Waals surface area contributed by atoms with Gasteiger partial charge in [-0.05, 0) is 42.8 Å². The van der Waals surface area contributed by atoms with Crippen molar-refractivity contribution in [3.63, 3.8) is 0 Å². The largest absolute Gasteiger partial charge is 0.352 e. The number of nitrogens with one attached hydrogen (secondary N) is 2. The van der Waals surface area contributed by atoms with E-state index in [0.717, 1.165) is 0 Å². The third-order valence-electron chi connectivity index (χ3n) is 3.03. The minimum atomic E-state index is -0.346. The molecule has 0 aromatic heterocycles. The number of carbonyl (C=O) groups excluding carboxylic acids is 2. The Balaban J connectivity index is 1.67. The van der Waals surface area contributed by atoms with Gasteiger partial charge in [0.1, 0.15) is 5.82 Å². The highest BCUT2D eigenvalue weighted by atomic mass is 19.1. The maximum atomic E-state index is 12.7. The van der Waals surface area contributed by atoms with E-state index in [-0.39, 0.29) is 24.1 Å². The van der Waals surface area contributed by atoms with Gasteiger partial charge in [0.25, 0.3) is 5.91 Å². The maximum Gasteiger partial charge on any atom is 0.251 e. The number of rotatable bonds is 6. The molecule has 22 heavy (non-hydrogen) atoms. The first-order valence-corrected chi connectivity index (χ1v) is 7.04. The molecular weight excluding hydrogens is 283 g/mol. The number of halogens is 1. The number of anilines is 1. The molecule has 2 aromatic carbocycles. The minimum Gasteiger partial charge on any atom is -0.352 e. The lowest BCUT2D eigenvalue weighted by Crippen LogP contribution is -2.25. The van der Waals surface area contributed by atoms with Crippen molar-refractivity contribution in [2.75, 3.05) is 11.9 Å². The van der Waals surface area contributed by atoms with Crippen LogP contribution in [0.1, 0.15) is 23.2 Å². The Morgan fingerprint density at radius 2 is 1.64 bits per heavy atom. The monoisotopic (exact) mass is 300 g/mol. The van der Waals surface area contributed by atoms with Crippen molar-refractivity contribution in [2.24, 2.45) is 0 Å². The summed E-state index contributed by atoms with van der Waals surface area (Å²) in [5.74, 6) is -0.665. The van der Waals surface area contributed by atoms with Gasteiger partial charge in [-0.1, -0.05) is 18.2 Å². The fourth-order valence-electron chi connectivity index (χ4n) is 1.90. The summed E-state index contributed by atoms with van der Waals surface area (Å²) >= 11 is 0. The predicted molar refractivity (Wildman–Crippen MR) is 83.0 cm³/mol. The zero-order chi connectivity index (χ0) is 15.8. The third kappa shape index (κ3) is 5.01. The quantitative estimate of drug-likeness (QED) is 0.806. The molecular formula is C17H17FN2O2. The summed E-state index contributed by atoms with van der Waals surface area (Å²) in [7, 11) is 0. The van der Waals surface area contributed by atoms with Crippen molar-refractivity contribution in [3.8, 4) is 0 Å². The van der Waals surface area contributed by atoms with Gasteiger partial charge in [0, 0.05) is 24.2 Å².